The van der Waals surface area contributed by atoms with E-state index in [1.807, 2.05) is 0 Å². The van der Waals surface area contributed by atoms with Gasteiger partial charge in [-0.1, -0.05) is 0 Å². The molecule has 1 unspecified atom stereocenters. The Bertz CT molecular complexity index is 334. The van der Waals surface area contributed by atoms with Crippen molar-refractivity contribution >= 4 is 7.85 Å². The smallest absolute Gasteiger partial charge is 0.195 e. The molecule has 88 valence electrons. The number of aliphatic hydroxyl groups excluding tert-OH is 2. The third-order valence-electron chi connectivity index (χ3n) is 2.43. The van der Waals surface area contributed by atoms with E-state index >= 15 is 0 Å². The summed E-state index contributed by atoms with van der Waals surface area (Å²) in [5.41, 5.74) is 0.810. The van der Waals surface area contributed by atoms with Gasteiger partial charge in [0.05, 0.1) is 6.61 Å². The maximum Gasteiger partial charge on any atom is 0.195 e. The van der Waals surface area contributed by atoms with Crippen LogP contribution in [0.1, 0.15) is 13.8 Å². The molecule has 6 heteroatoms. The van der Waals surface area contributed by atoms with Crippen LogP contribution >= 0.6 is 0 Å². The quantitative estimate of drug-likeness (QED) is 0.435. The van der Waals surface area contributed by atoms with Gasteiger partial charge in [-0.25, -0.2) is 4.39 Å². The van der Waals surface area contributed by atoms with Crippen molar-refractivity contribution in [3.8, 4) is 0 Å². The fourth-order valence-corrected chi connectivity index (χ4v) is 1.44. The summed E-state index contributed by atoms with van der Waals surface area (Å²) in [5.74, 6) is -2.96. The van der Waals surface area contributed by atoms with Gasteiger partial charge in [0, 0.05) is 0 Å². The standard InChI is InChI=1S/C10H14BFO4/c1-6(2)3-4-9(15)8(14)7(5-13)16-10(9,11)12/h4,7-8,13-15H,5H2,1-2H3/t7-,8?,9-,10-/m1/s1. The van der Waals surface area contributed by atoms with Crippen molar-refractivity contribution in [3.63, 3.8) is 0 Å². The topological polar surface area (TPSA) is 69.9 Å². The second kappa shape index (κ2) is 4.32. The molecule has 0 saturated carbocycles. The highest BCUT2D eigenvalue weighted by Crippen LogP contribution is 2.39. The predicted molar refractivity (Wildman–Crippen MR) is 55.5 cm³/mol. The van der Waals surface area contributed by atoms with E-state index in [0.717, 1.165) is 6.08 Å². The van der Waals surface area contributed by atoms with E-state index in [1.165, 1.54) is 0 Å². The third kappa shape index (κ3) is 2.07. The molecule has 1 aliphatic rings. The van der Waals surface area contributed by atoms with Gasteiger partial charge >= 0.3 is 0 Å². The molecule has 2 radical (unpaired) electrons. The molecule has 0 amide bonds. The summed E-state index contributed by atoms with van der Waals surface area (Å²) in [6.07, 6.45) is -2.00. The molecule has 0 aliphatic carbocycles. The molecule has 3 N–H and O–H groups in total. The van der Waals surface area contributed by atoms with E-state index in [4.69, 9.17) is 13.0 Å². The third-order valence-corrected chi connectivity index (χ3v) is 2.43. The van der Waals surface area contributed by atoms with E-state index in [2.05, 4.69) is 10.5 Å². The minimum Gasteiger partial charge on any atom is -0.394 e. The lowest BCUT2D eigenvalue weighted by Gasteiger charge is -2.30. The number of alkyl halides is 1. The number of hydrogen-bond acceptors (Lipinski definition) is 4. The van der Waals surface area contributed by atoms with Gasteiger partial charge < -0.3 is 20.1 Å². The number of ether oxygens (including phenoxy) is 1. The summed E-state index contributed by atoms with van der Waals surface area (Å²) in [4.78, 5) is 0. The largest absolute Gasteiger partial charge is 0.394 e. The van der Waals surface area contributed by atoms with Crippen molar-refractivity contribution in [3.05, 3.63) is 17.4 Å². The van der Waals surface area contributed by atoms with Gasteiger partial charge in [-0.2, -0.15) is 0 Å². The van der Waals surface area contributed by atoms with Crippen LogP contribution in [-0.4, -0.2) is 53.3 Å². The molecule has 0 spiro atoms. The van der Waals surface area contributed by atoms with Crippen molar-refractivity contribution in [2.75, 3.05) is 6.61 Å². The molecule has 0 bridgehead atoms. The average Bonchev–Trinajstić information content (AvgIpc) is 2.36. The molecule has 16 heavy (non-hydrogen) atoms. The molecule has 0 aromatic heterocycles. The van der Waals surface area contributed by atoms with Gasteiger partial charge in [0.25, 0.3) is 0 Å². The summed E-state index contributed by atoms with van der Waals surface area (Å²) in [5, 5.41) is 28.4. The Kier molecular flexibility index (Phi) is 3.62. The first-order valence-corrected chi connectivity index (χ1v) is 4.82. The molecule has 1 rings (SSSR count). The van der Waals surface area contributed by atoms with Crippen LogP contribution in [0.25, 0.3) is 0 Å². The molecular weight excluding hydrogens is 214 g/mol. The number of aliphatic hydroxyl groups is 3. The summed E-state index contributed by atoms with van der Waals surface area (Å²) in [7, 11) is 5.11. The molecule has 1 fully saturated rings. The minimum absolute atomic E-state index is 0.644. The number of hydrogen-bond donors (Lipinski definition) is 3. The molecule has 4 nitrogen and oxygen atoms in total. The predicted octanol–water partition coefficient (Wildman–Crippen LogP) is -0.617. The first-order valence-electron chi connectivity index (χ1n) is 4.82. The molecule has 4 atom stereocenters. The average molecular weight is 228 g/mol. The Balaban J connectivity index is 3.14. The zero-order valence-corrected chi connectivity index (χ0v) is 9.14. The van der Waals surface area contributed by atoms with Crippen LogP contribution in [0.3, 0.4) is 0 Å². The Morgan fingerprint density at radius 2 is 2.19 bits per heavy atom. The summed E-state index contributed by atoms with van der Waals surface area (Å²) >= 11 is 0. The summed E-state index contributed by atoms with van der Waals surface area (Å²) in [6, 6.07) is 0. The lowest BCUT2D eigenvalue weighted by Crippen LogP contribution is -2.53. The molecule has 0 aromatic carbocycles. The Morgan fingerprint density at radius 1 is 1.62 bits per heavy atom. The van der Waals surface area contributed by atoms with E-state index in [9.17, 15) is 14.6 Å². The zero-order valence-electron chi connectivity index (χ0n) is 9.14. The molecular formula is C10H14BFO4. The maximum absolute atomic E-state index is 13.8. The van der Waals surface area contributed by atoms with Gasteiger partial charge in [0.1, 0.15) is 12.2 Å². The Hall–Kier alpha value is -0.645. The zero-order chi connectivity index (χ0) is 12.6. The monoisotopic (exact) mass is 228 g/mol. The van der Waals surface area contributed by atoms with Gasteiger partial charge in [-0.3, -0.25) is 0 Å². The lowest BCUT2D eigenvalue weighted by molar-refractivity contribution is -0.144. The molecule has 1 heterocycles. The first-order chi connectivity index (χ1) is 7.24. The van der Waals surface area contributed by atoms with Gasteiger partial charge in [0.2, 0.25) is 0 Å². The van der Waals surface area contributed by atoms with Crippen molar-refractivity contribution < 1.29 is 24.4 Å². The maximum atomic E-state index is 13.8. The highest BCUT2D eigenvalue weighted by Gasteiger charge is 2.61. The Morgan fingerprint density at radius 3 is 2.56 bits per heavy atom. The molecule has 1 aliphatic heterocycles. The molecule has 1 saturated heterocycles. The van der Waals surface area contributed by atoms with Crippen LogP contribution in [0.4, 0.5) is 4.39 Å². The number of halogens is 1. The van der Waals surface area contributed by atoms with Crippen molar-refractivity contribution in [1.82, 2.24) is 0 Å². The van der Waals surface area contributed by atoms with E-state index in [1.54, 1.807) is 13.8 Å². The van der Waals surface area contributed by atoms with Crippen molar-refractivity contribution in [1.29, 1.82) is 0 Å². The first kappa shape index (κ1) is 13.4. The highest BCUT2D eigenvalue weighted by molar-refractivity contribution is 6.14. The van der Waals surface area contributed by atoms with Gasteiger partial charge in [0.15, 0.2) is 19.2 Å². The van der Waals surface area contributed by atoms with Gasteiger partial charge in [-0.15, -0.1) is 5.73 Å². The molecule has 0 aromatic rings. The van der Waals surface area contributed by atoms with E-state index in [0.29, 0.717) is 5.57 Å². The van der Waals surface area contributed by atoms with Crippen LogP contribution in [-0.2, 0) is 4.74 Å². The van der Waals surface area contributed by atoms with Crippen molar-refractivity contribution in [2.24, 2.45) is 0 Å². The number of rotatable bonds is 2. The summed E-state index contributed by atoms with van der Waals surface area (Å²) in [6.45, 7) is 2.72. The second-order valence-electron chi connectivity index (χ2n) is 4.04. The second-order valence-corrected chi connectivity index (χ2v) is 4.04. The Labute approximate surface area is 94.5 Å². The SMILES string of the molecule is [B][C@]1(F)O[C@H](CO)C(O)[C@]1(O)C=C=C(C)C. The van der Waals surface area contributed by atoms with Crippen LogP contribution in [0.5, 0.6) is 0 Å². The fraction of sp³-hybridized carbons (Fsp3) is 0.700. The van der Waals surface area contributed by atoms with Crippen LogP contribution < -0.4 is 0 Å². The van der Waals surface area contributed by atoms with E-state index < -0.39 is 30.2 Å². The van der Waals surface area contributed by atoms with Crippen LogP contribution in [0, 0.1) is 0 Å². The van der Waals surface area contributed by atoms with Crippen LogP contribution in [0.2, 0.25) is 0 Å². The van der Waals surface area contributed by atoms with Crippen molar-refractivity contribution in [2.45, 2.75) is 37.4 Å². The van der Waals surface area contributed by atoms with Gasteiger partial charge in [-0.05, 0) is 25.5 Å². The van der Waals surface area contributed by atoms with E-state index in [-0.39, 0.29) is 0 Å². The minimum atomic E-state index is -2.96. The normalized spacial score (nSPS) is 42.9. The fourth-order valence-electron chi connectivity index (χ4n) is 1.44. The van der Waals surface area contributed by atoms with Crippen LogP contribution in [0.15, 0.2) is 17.4 Å². The lowest BCUT2D eigenvalue weighted by atomic mass is 9.77. The summed E-state index contributed by atoms with van der Waals surface area (Å²) < 4.78 is 18.3. The highest BCUT2D eigenvalue weighted by atomic mass is 19.2.